The lowest BCUT2D eigenvalue weighted by atomic mass is 10.1. The molecule has 0 saturated carbocycles. The first-order chi connectivity index (χ1) is 8.16. The van der Waals surface area contributed by atoms with Gasteiger partial charge < -0.3 is 15.4 Å². The molecule has 1 fully saturated rings. The van der Waals surface area contributed by atoms with Crippen LogP contribution in [-0.4, -0.2) is 37.1 Å². The zero-order chi connectivity index (χ0) is 12.3. The lowest BCUT2D eigenvalue weighted by Crippen LogP contribution is -2.41. The van der Waals surface area contributed by atoms with Gasteiger partial charge in [0, 0.05) is 18.8 Å². The molecule has 17 heavy (non-hydrogen) atoms. The van der Waals surface area contributed by atoms with Crippen molar-refractivity contribution in [2.45, 2.75) is 6.42 Å². The van der Waals surface area contributed by atoms with Crippen molar-refractivity contribution in [2.24, 2.45) is 0 Å². The third-order valence-corrected chi connectivity index (χ3v) is 2.78. The Hall–Kier alpha value is -1.62. The molecule has 0 spiro atoms. The molecule has 0 aromatic heterocycles. The van der Waals surface area contributed by atoms with Crippen LogP contribution in [0.25, 0.3) is 0 Å². The van der Waals surface area contributed by atoms with E-state index in [2.05, 4.69) is 0 Å². The van der Waals surface area contributed by atoms with Crippen LogP contribution in [0.4, 0.5) is 10.1 Å². The average Bonchev–Trinajstić information content (AvgIpc) is 2.34. The van der Waals surface area contributed by atoms with Crippen molar-refractivity contribution in [3.05, 3.63) is 29.6 Å². The summed E-state index contributed by atoms with van der Waals surface area (Å²) in [6.45, 7) is 2.26. The molecular formula is C12H15FN2O2. The van der Waals surface area contributed by atoms with Gasteiger partial charge in [0.05, 0.1) is 19.6 Å². The van der Waals surface area contributed by atoms with Gasteiger partial charge in [-0.05, 0) is 17.7 Å². The molecule has 1 heterocycles. The number of hydrogen-bond donors (Lipinski definition) is 1. The number of rotatable bonds is 2. The standard InChI is InChI=1S/C12H15FN2O2/c13-11-8-10(14)2-1-9(11)7-12(16)15-3-5-17-6-4-15/h1-2,8H,3-7,14H2. The molecule has 1 aromatic carbocycles. The van der Waals surface area contributed by atoms with E-state index in [1.165, 1.54) is 6.07 Å². The number of carbonyl (C=O) groups excluding carboxylic acids is 1. The molecule has 0 radical (unpaired) electrons. The van der Waals surface area contributed by atoms with Gasteiger partial charge in [0.15, 0.2) is 0 Å². The van der Waals surface area contributed by atoms with Crippen molar-refractivity contribution < 1.29 is 13.9 Å². The maximum Gasteiger partial charge on any atom is 0.227 e. The maximum absolute atomic E-state index is 13.5. The van der Waals surface area contributed by atoms with Crippen molar-refractivity contribution in [2.75, 3.05) is 32.0 Å². The lowest BCUT2D eigenvalue weighted by molar-refractivity contribution is -0.134. The molecule has 4 nitrogen and oxygen atoms in total. The minimum absolute atomic E-state index is 0.0722. The predicted octanol–water partition coefficient (Wildman–Crippen LogP) is 0.809. The van der Waals surface area contributed by atoms with E-state index in [1.54, 1.807) is 17.0 Å². The summed E-state index contributed by atoms with van der Waals surface area (Å²) in [5, 5.41) is 0. The van der Waals surface area contributed by atoms with E-state index in [1.807, 2.05) is 0 Å². The first kappa shape index (κ1) is 11.9. The number of halogens is 1. The van der Waals surface area contributed by atoms with Crippen molar-refractivity contribution in [1.29, 1.82) is 0 Å². The van der Waals surface area contributed by atoms with Crippen LogP contribution in [-0.2, 0) is 16.0 Å². The second-order valence-corrected chi connectivity index (χ2v) is 4.02. The normalized spacial score (nSPS) is 15.9. The van der Waals surface area contributed by atoms with Gasteiger partial charge in [-0.2, -0.15) is 0 Å². The number of nitrogens with two attached hydrogens (primary N) is 1. The SMILES string of the molecule is Nc1ccc(CC(=O)N2CCOCC2)c(F)c1. The monoisotopic (exact) mass is 238 g/mol. The Morgan fingerprint density at radius 3 is 2.76 bits per heavy atom. The van der Waals surface area contributed by atoms with Crippen molar-refractivity contribution in [1.82, 2.24) is 4.90 Å². The Morgan fingerprint density at radius 2 is 2.12 bits per heavy atom. The zero-order valence-corrected chi connectivity index (χ0v) is 9.49. The minimum Gasteiger partial charge on any atom is -0.399 e. The van der Waals surface area contributed by atoms with Gasteiger partial charge in [-0.15, -0.1) is 0 Å². The molecule has 0 bridgehead atoms. The molecule has 1 aromatic rings. The number of nitrogen functional groups attached to an aromatic ring is 1. The summed E-state index contributed by atoms with van der Waals surface area (Å²) in [5.74, 6) is -0.497. The van der Waals surface area contributed by atoms with E-state index < -0.39 is 5.82 Å². The first-order valence-corrected chi connectivity index (χ1v) is 5.56. The van der Waals surface area contributed by atoms with Crippen LogP contribution in [0, 0.1) is 5.82 Å². The summed E-state index contributed by atoms with van der Waals surface area (Å²) in [4.78, 5) is 13.6. The Labute approximate surface area is 99.2 Å². The van der Waals surface area contributed by atoms with Crippen LogP contribution in [0.3, 0.4) is 0 Å². The van der Waals surface area contributed by atoms with E-state index in [-0.39, 0.29) is 12.3 Å². The lowest BCUT2D eigenvalue weighted by Gasteiger charge is -2.26. The molecule has 2 rings (SSSR count). The highest BCUT2D eigenvalue weighted by Gasteiger charge is 2.18. The molecule has 2 N–H and O–H groups in total. The topological polar surface area (TPSA) is 55.6 Å². The summed E-state index contributed by atoms with van der Waals surface area (Å²) < 4.78 is 18.7. The van der Waals surface area contributed by atoms with Crippen molar-refractivity contribution in [3.63, 3.8) is 0 Å². The average molecular weight is 238 g/mol. The van der Waals surface area contributed by atoms with Gasteiger partial charge in [0.2, 0.25) is 5.91 Å². The summed E-state index contributed by atoms with van der Waals surface area (Å²) >= 11 is 0. The first-order valence-electron chi connectivity index (χ1n) is 5.56. The predicted molar refractivity (Wildman–Crippen MR) is 61.9 cm³/mol. The van der Waals surface area contributed by atoms with Gasteiger partial charge in [-0.1, -0.05) is 6.07 Å². The van der Waals surface area contributed by atoms with Crippen molar-refractivity contribution in [3.8, 4) is 0 Å². The smallest absolute Gasteiger partial charge is 0.227 e. The summed E-state index contributed by atoms with van der Waals surface area (Å²) in [5.41, 5.74) is 6.20. The van der Waals surface area contributed by atoms with E-state index in [0.29, 0.717) is 37.6 Å². The van der Waals surface area contributed by atoms with E-state index in [4.69, 9.17) is 10.5 Å². The molecule has 0 atom stereocenters. The second-order valence-electron chi connectivity index (χ2n) is 4.02. The van der Waals surface area contributed by atoms with Gasteiger partial charge in [0.25, 0.3) is 0 Å². The molecule has 1 amide bonds. The van der Waals surface area contributed by atoms with Crippen molar-refractivity contribution >= 4 is 11.6 Å². The fourth-order valence-corrected chi connectivity index (χ4v) is 1.79. The minimum atomic E-state index is -0.424. The van der Waals surface area contributed by atoms with Crippen LogP contribution < -0.4 is 5.73 Å². The Kier molecular flexibility index (Phi) is 3.58. The third kappa shape index (κ3) is 2.94. The molecule has 5 heteroatoms. The highest BCUT2D eigenvalue weighted by Crippen LogP contribution is 2.13. The number of nitrogens with zero attached hydrogens (tertiary/aromatic N) is 1. The van der Waals surface area contributed by atoms with Gasteiger partial charge in [0.1, 0.15) is 5.82 Å². The van der Waals surface area contributed by atoms with Crippen LogP contribution in [0.1, 0.15) is 5.56 Å². The quantitative estimate of drug-likeness (QED) is 0.776. The van der Waals surface area contributed by atoms with Crippen LogP contribution >= 0.6 is 0 Å². The van der Waals surface area contributed by atoms with E-state index >= 15 is 0 Å². The summed E-state index contributed by atoms with van der Waals surface area (Å²) in [6.07, 6.45) is 0.0755. The van der Waals surface area contributed by atoms with E-state index in [9.17, 15) is 9.18 Å². The molecule has 0 aliphatic carbocycles. The van der Waals surface area contributed by atoms with Crippen LogP contribution in [0.5, 0.6) is 0 Å². The number of anilines is 1. The van der Waals surface area contributed by atoms with Gasteiger partial charge in [-0.3, -0.25) is 4.79 Å². The molecule has 1 aliphatic rings. The number of amides is 1. The zero-order valence-electron chi connectivity index (χ0n) is 9.49. The van der Waals surface area contributed by atoms with Crippen LogP contribution in [0.15, 0.2) is 18.2 Å². The summed E-state index contributed by atoms with van der Waals surface area (Å²) in [7, 11) is 0. The Balaban J connectivity index is 2.02. The highest BCUT2D eigenvalue weighted by molar-refractivity contribution is 5.79. The van der Waals surface area contributed by atoms with Gasteiger partial charge >= 0.3 is 0 Å². The second kappa shape index (κ2) is 5.14. The molecule has 0 unspecified atom stereocenters. The number of morpholine rings is 1. The third-order valence-electron chi connectivity index (χ3n) is 2.78. The summed E-state index contributed by atoms with van der Waals surface area (Å²) in [6, 6.07) is 4.40. The van der Waals surface area contributed by atoms with Gasteiger partial charge in [-0.25, -0.2) is 4.39 Å². The number of ether oxygens (including phenoxy) is 1. The maximum atomic E-state index is 13.5. The molecule has 1 saturated heterocycles. The number of hydrogen-bond acceptors (Lipinski definition) is 3. The van der Waals surface area contributed by atoms with Crippen LogP contribution in [0.2, 0.25) is 0 Å². The fraction of sp³-hybridized carbons (Fsp3) is 0.417. The highest BCUT2D eigenvalue weighted by atomic mass is 19.1. The largest absolute Gasteiger partial charge is 0.399 e. The molecule has 1 aliphatic heterocycles. The Morgan fingerprint density at radius 1 is 1.41 bits per heavy atom. The number of carbonyl (C=O) groups is 1. The molecular weight excluding hydrogens is 223 g/mol. The van der Waals surface area contributed by atoms with E-state index in [0.717, 1.165) is 0 Å². The number of benzene rings is 1. The Bertz CT molecular complexity index is 417. The fourth-order valence-electron chi connectivity index (χ4n) is 1.79. The molecule has 92 valence electrons.